The normalized spacial score (nSPS) is 11.0. The van der Waals surface area contributed by atoms with Crippen LogP contribution in [0.2, 0.25) is 5.02 Å². The standard InChI is InChI=1S/C20H26ClN3O4/c1-22-20(23-9-10-28-16-8-6-5-7-15(16)21)24-13-14-11-17(25-2)19(27-4)18(12-14)26-3/h5-8,11-12H,9-10,13H2,1-4H3,(H2,22,23,24). The highest BCUT2D eigenvalue weighted by molar-refractivity contribution is 6.32. The summed E-state index contributed by atoms with van der Waals surface area (Å²) in [6.07, 6.45) is 0. The molecule has 0 saturated carbocycles. The Morgan fingerprint density at radius 3 is 2.21 bits per heavy atom. The molecule has 0 aliphatic carbocycles. The molecule has 2 N–H and O–H groups in total. The Balaban J connectivity index is 1.87. The minimum atomic E-state index is 0.453. The lowest BCUT2D eigenvalue weighted by atomic mass is 10.2. The van der Waals surface area contributed by atoms with E-state index < -0.39 is 0 Å². The van der Waals surface area contributed by atoms with Crippen molar-refractivity contribution in [3.05, 3.63) is 47.0 Å². The van der Waals surface area contributed by atoms with Gasteiger partial charge in [-0.1, -0.05) is 23.7 Å². The van der Waals surface area contributed by atoms with Gasteiger partial charge in [0.05, 0.1) is 32.9 Å². The van der Waals surface area contributed by atoms with Crippen molar-refractivity contribution in [3.8, 4) is 23.0 Å². The van der Waals surface area contributed by atoms with Crippen molar-refractivity contribution < 1.29 is 18.9 Å². The van der Waals surface area contributed by atoms with Gasteiger partial charge in [0.25, 0.3) is 0 Å². The Morgan fingerprint density at radius 1 is 0.964 bits per heavy atom. The van der Waals surface area contributed by atoms with Crippen LogP contribution in [0, 0.1) is 0 Å². The van der Waals surface area contributed by atoms with E-state index in [4.69, 9.17) is 30.5 Å². The molecule has 0 aliphatic heterocycles. The van der Waals surface area contributed by atoms with Gasteiger partial charge in [0.2, 0.25) is 5.75 Å². The molecule has 0 aliphatic rings. The van der Waals surface area contributed by atoms with Crippen LogP contribution >= 0.6 is 11.6 Å². The predicted molar refractivity (Wildman–Crippen MR) is 111 cm³/mol. The van der Waals surface area contributed by atoms with Crippen LogP contribution in [0.15, 0.2) is 41.4 Å². The third kappa shape index (κ3) is 5.85. The van der Waals surface area contributed by atoms with Crippen LogP contribution in [-0.2, 0) is 6.54 Å². The molecule has 2 rings (SSSR count). The monoisotopic (exact) mass is 407 g/mol. The second kappa shape index (κ2) is 11.1. The van der Waals surface area contributed by atoms with Gasteiger partial charge < -0.3 is 29.6 Å². The first-order chi connectivity index (χ1) is 13.6. The fourth-order valence-corrected chi connectivity index (χ4v) is 2.73. The molecule has 152 valence electrons. The van der Waals surface area contributed by atoms with Gasteiger partial charge in [-0.2, -0.15) is 0 Å². The topological polar surface area (TPSA) is 73.3 Å². The lowest BCUT2D eigenvalue weighted by molar-refractivity contribution is 0.322. The van der Waals surface area contributed by atoms with E-state index in [2.05, 4.69) is 15.6 Å². The molecule has 0 unspecified atom stereocenters. The average Bonchev–Trinajstić information content (AvgIpc) is 2.73. The van der Waals surface area contributed by atoms with E-state index in [9.17, 15) is 0 Å². The summed E-state index contributed by atoms with van der Waals surface area (Å²) < 4.78 is 21.8. The number of guanidine groups is 1. The maximum atomic E-state index is 6.07. The Kier molecular flexibility index (Phi) is 8.55. The molecule has 28 heavy (non-hydrogen) atoms. The van der Waals surface area contributed by atoms with Crippen LogP contribution in [0.5, 0.6) is 23.0 Å². The first kappa shape index (κ1) is 21.5. The van der Waals surface area contributed by atoms with Crippen molar-refractivity contribution in [1.29, 1.82) is 0 Å². The molecular weight excluding hydrogens is 382 g/mol. The molecule has 0 atom stereocenters. The smallest absolute Gasteiger partial charge is 0.203 e. The minimum absolute atomic E-state index is 0.453. The molecule has 7 nitrogen and oxygen atoms in total. The summed E-state index contributed by atoms with van der Waals surface area (Å²) >= 11 is 6.07. The van der Waals surface area contributed by atoms with Crippen molar-refractivity contribution in [2.45, 2.75) is 6.54 Å². The molecule has 0 saturated heterocycles. The maximum absolute atomic E-state index is 6.07. The minimum Gasteiger partial charge on any atom is -0.493 e. The third-order valence-corrected chi connectivity index (χ3v) is 4.21. The van der Waals surface area contributed by atoms with E-state index in [-0.39, 0.29) is 0 Å². The highest BCUT2D eigenvalue weighted by atomic mass is 35.5. The van der Waals surface area contributed by atoms with E-state index in [1.165, 1.54) is 0 Å². The number of hydrogen-bond acceptors (Lipinski definition) is 5. The summed E-state index contributed by atoms with van der Waals surface area (Å²) in [5.74, 6) is 3.08. The lowest BCUT2D eigenvalue weighted by Crippen LogP contribution is -2.38. The molecule has 0 radical (unpaired) electrons. The molecule has 0 amide bonds. The molecule has 2 aromatic carbocycles. The Bertz CT molecular complexity index is 774. The Labute approximate surface area is 170 Å². The number of methoxy groups -OCH3 is 3. The SMILES string of the molecule is CN=C(NCCOc1ccccc1Cl)NCc1cc(OC)c(OC)c(OC)c1. The van der Waals surface area contributed by atoms with Crippen LogP contribution in [0.3, 0.4) is 0 Å². The molecule has 8 heteroatoms. The lowest BCUT2D eigenvalue weighted by Gasteiger charge is -2.16. The van der Waals surface area contributed by atoms with Gasteiger partial charge in [0, 0.05) is 13.6 Å². The zero-order valence-electron chi connectivity index (χ0n) is 16.5. The summed E-state index contributed by atoms with van der Waals surface area (Å²) in [5, 5.41) is 7.02. The van der Waals surface area contributed by atoms with Crippen LogP contribution in [0.4, 0.5) is 0 Å². The second-order valence-electron chi connectivity index (χ2n) is 5.67. The van der Waals surface area contributed by atoms with Crippen molar-refractivity contribution >= 4 is 17.6 Å². The average molecular weight is 408 g/mol. The highest BCUT2D eigenvalue weighted by Crippen LogP contribution is 2.38. The van der Waals surface area contributed by atoms with Gasteiger partial charge in [-0.3, -0.25) is 4.99 Å². The summed E-state index contributed by atoms with van der Waals surface area (Å²) in [6, 6.07) is 11.2. The van der Waals surface area contributed by atoms with Gasteiger partial charge in [-0.15, -0.1) is 0 Å². The molecule has 0 heterocycles. The zero-order valence-corrected chi connectivity index (χ0v) is 17.3. The van der Waals surface area contributed by atoms with E-state index in [1.54, 1.807) is 34.4 Å². The predicted octanol–water partition coefficient (Wildman–Crippen LogP) is 3.11. The Hall–Kier alpha value is -2.80. The second-order valence-corrected chi connectivity index (χ2v) is 6.07. The number of halogens is 1. The highest BCUT2D eigenvalue weighted by Gasteiger charge is 2.13. The molecule has 2 aromatic rings. The van der Waals surface area contributed by atoms with Crippen LogP contribution < -0.4 is 29.6 Å². The zero-order chi connectivity index (χ0) is 20.4. The maximum Gasteiger partial charge on any atom is 0.203 e. The third-order valence-electron chi connectivity index (χ3n) is 3.90. The van der Waals surface area contributed by atoms with Crippen molar-refractivity contribution in [2.24, 2.45) is 4.99 Å². The fourth-order valence-electron chi connectivity index (χ4n) is 2.54. The number of nitrogens with one attached hydrogen (secondary N) is 2. The number of aliphatic imine (C=N–C) groups is 1. The molecular formula is C20H26ClN3O4. The van der Waals surface area contributed by atoms with Gasteiger partial charge in [-0.25, -0.2) is 0 Å². The summed E-state index contributed by atoms with van der Waals surface area (Å²) in [4.78, 5) is 4.21. The van der Waals surface area contributed by atoms with Crippen LogP contribution in [0.25, 0.3) is 0 Å². The first-order valence-corrected chi connectivity index (χ1v) is 9.11. The number of benzene rings is 2. The largest absolute Gasteiger partial charge is 0.493 e. The van der Waals surface area contributed by atoms with Gasteiger partial charge in [-0.05, 0) is 29.8 Å². The van der Waals surface area contributed by atoms with Crippen molar-refractivity contribution in [3.63, 3.8) is 0 Å². The quantitative estimate of drug-likeness (QED) is 0.378. The molecule has 0 bridgehead atoms. The van der Waals surface area contributed by atoms with Crippen molar-refractivity contribution in [1.82, 2.24) is 10.6 Å². The number of nitrogens with zero attached hydrogens (tertiary/aromatic N) is 1. The molecule has 0 aromatic heterocycles. The first-order valence-electron chi connectivity index (χ1n) is 8.73. The van der Waals surface area contributed by atoms with E-state index in [0.29, 0.717) is 53.7 Å². The van der Waals surface area contributed by atoms with Gasteiger partial charge in [0.15, 0.2) is 17.5 Å². The summed E-state index contributed by atoms with van der Waals surface area (Å²) in [7, 11) is 6.47. The number of hydrogen-bond donors (Lipinski definition) is 2. The van der Waals surface area contributed by atoms with Crippen LogP contribution in [-0.4, -0.2) is 47.5 Å². The van der Waals surface area contributed by atoms with Crippen molar-refractivity contribution in [2.75, 3.05) is 41.5 Å². The molecule has 0 spiro atoms. The fraction of sp³-hybridized carbons (Fsp3) is 0.350. The Morgan fingerprint density at radius 2 is 1.64 bits per heavy atom. The molecule has 0 fully saturated rings. The number of para-hydroxylation sites is 1. The van der Waals surface area contributed by atoms with E-state index >= 15 is 0 Å². The van der Waals surface area contributed by atoms with Gasteiger partial charge >= 0.3 is 0 Å². The summed E-state index contributed by atoms with van der Waals surface area (Å²) in [5.41, 5.74) is 0.963. The summed E-state index contributed by atoms with van der Waals surface area (Å²) in [6.45, 7) is 1.55. The number of ether oxygens (including phenoxy) is 4. The van der Waals surface area contributed by atoms with Gasteiger partial charge in [0.1, 0.15) is 12.4 Å². The number of rotatable bonds is 9. The van der Waals surface area contributed by atoms with E-state index in [1.807, 2.05) is 30.3 Å². The van der Waals surface area contributed by atoms with Crippen LogP contribution in [0.1, 0.15) is 5.56 Å². The van der Waals surface area contributed by atoms with E-state index in [0.717, 1.165) is 5.56 Å².